The molecular weight excluding hydrogens is 360 g/mol. The van der Waals surface area contributed by atoms with Crippen LogP contribution in [0, 0.1) is 12.8 Å². The fraction of sp³-hybridized carbons (Fsp3) is 0.476. The largest absolute Gasteiger partial charge is 0.448 e. The van der Waals surface area contributed by atoms with Gasteiger partial charge in [0.15, 0.2) is 11.8 Å². The third kappa shape index (κ3) is 4.95. The van der Waals surface area contributed by atoms with E-state index in [2.05, 4.69) is 17.2 Å². The first-order valence-corrected chi connectivity index (χ1v) is 10.4. The zero-order chi connectivity index (χ0) is 19.4. The molecule has 5 nitrogen and oxygen atoms in total. The molecule has 6 heteroatoms. The van der Waals surface area contributed by atoms with Crippen LogP contribution in [0.5, 0.6) is 0 Å². The van der Waals surface area contributed by atoms with Crippen molar-refractivity contribution in [2.24, 2.45) is 5.92 Å². The second kappa shape index (κ2) is 8.65. The third-order valence-electron chi connectivity index (χ3n) is 5.10. The van der Waals surface area contributed by atoms with Crippen molar-refractivity contribution < 1.29 is 14.3 Å². The molecule has 1 amide bonds. The van der Waals surface area contributed by atoms with Gasteiger partial charge < -0.3 is 10.1 Å². The van der Waals surface area contributed by atoms with E-state index in [0.29, 0.717) is 5.92 Å². The Hall–Kier alpha value is -2.21. The number of hydrogen-bond donors (Lipinski definition) is 1. The first-order chi connectivity index (χ1) is 12.9. The summed E-state index contributed by atoms with van der Waals surface area (Å²) in [7, 11) is 0. The molecule has 0 saturated heterocycles. The minimum absolute atomic E-state index is 0.166. The number of nitrogens with zero attached hydrogens (tertiary/aromatic N) is 1. The van der Waals surface area contributed by atoms with E-state index in [1.807, 2.05) is 31.2 Å². The Morgan fingerprint density at radius 3 is 2.63 bits per heavy atom. The summed E-state index contributed by atoms with van der Waals surface area (Å²) in [6.45, 7) is 5.78. The Bertz CT molecular complexity index is 800. The second-order valence-corrected chi connectivity index (χ2v) is 8.19. The molecule has 27 heavy (non-hydrogen) atoms. The Kier molecular flexibility index (Phi) is 6.26. The number of ether oxygens (including phenoxy) is 1. The van der Waals surface area contributed by atoms with Gasteiger partial charge >= 0.3 is 5.97 Å². The lowest BCUT2D eigenvalue weighted by Gasteiger charge is -2.30. The van der Waals surface area contributed by atoms with Crippen LogP contribution in [-0.2, 0) is 9.53 Å². The molecule has 1 aromatic heterocycles. The van der Waals surface area contributed by atoms with Gasteiger partial charge in [0.2, 0.25) is 0 Å². The molecular formula is C21H26N2O3S. The molecule has 0 aliphatic heterocycles. The summed E-state index contributed by atoms with van der Waals surface area (Å²) in [4.78, 5) is 29.1. The van der Waals surface area contributed by atoms with E-state index in [1.54, 1.807) is 12.3 Å². The number of rotatable bonds is 5. The van der Waals surface area contributed by atoms with E-state index in [9.17, 15) is 9.59 Å². The van der Waals surface area contributed by atoms with Crippen molar-refractivity contribution in [2.75, 3.05) is 0 Å². The summed E-state index contributed by atoms with van der Waals surface area (Å²) in [6.07, 6.45) is 3.62. The first kappa shape index (κ1) is 19.5. The molecule has 1 saturated carbocycles. The van der Waals surface area contributed by atoms with Crippen molar-refractivity contribution in [1.82, 2.24) is 10.3 Å². The van der Waals surface area contributed by atoms with Crippen LogP contribution >= 0.6 is 11.3 Å². The number of thiazole rings is 1. The lowest BCUT2D eigenvalue weighted by molar-refractivity contribution is -0.130. The SMILES string of the molecule is Cc1ccc(-c2nc(C(=O)OC(C)C(=O)NC3CCCCC3C)cs2)cc1. The van der Waals surface area contributed by atoms with Gasteiger partial charge in [-0.15, -0.1) is 11.3 Å². The summed E-state index contributed by atoms with van der Waals surface area (Å²) in [5.41, 5.74) is 2.37. The van der Waals surface area contributed by atoms with Crippen LogP contribution in [0.2, 0.25) is 0 Å². The fourth-order valence-corrected chi connectivity index (χ4v) is 4.10. The highest BCUT2D eigenvalue weighted by Gasteiger charge is 2.27. The quantitative estimate of drug-likeness (QED) is 0.775. The smallest absolute Gasteiger partial charge is 0.358 e. The Morgan fingerprint density at radius 2 is 1.93 bits per heavy atom. The van der Waals surface area contributed by atoms with Crippen LogP contribution in [-0.4, -0.2) is 29.0 Å². The van der Waals surface area contributed by atoms with Crippen LogP contribution in [0.15, 0.2) is 29.6 Å². The highest BCUT2D eigenvalue weighted by molar-refractivity contribution is 7.13. The maximum Gasteiger partial charge on any atom is 0.358 e. The van der Waals surface area contributed by atoms with E-state index < -0.39 is 12.1 Å². The third-order valence-corrected chi connectivity index (χ3v) is 6.00. The molecule has 2 aromatic rings. The molecule has 3 unspecified atom stereocenters. The maximum atomic E-state index is 12.4. The van der Waals surface area contributed by atoms with Gasteiger partial charge in [-0.1, -0.05) is 49.6 Å². The van der Waals surface area contributed by atoms with Crippen LogP contribution in [0.25, 0.3) is 10.6 Å². The summed E-state index contributed by atoms with van der Waals surface area (Å²) in [5, 5.41) is 5.46. The number of hydrogen-bond acceptors (Lipinski definition) is 5. The highest BCUT2D eigenvalue weighted by atomic mass is 32.1. The van der Waals surface area contributed by atoms with Gasteiger partial charge in [0.25, 0.3) is 5.91 Å². The predicted molar refractivity (Wildman–Crippen MR) is 107 cm³/mol. The fourth-order valence-electron chi connectivity index (χ4n) is 3.30. The monoisotopic (exact) mass is 386 g/mol. The van der Waals surface area contributed by atoms with Crippen LogP contribution < -0.4 is 5.32 Å². The number of carbonyl (C=O) groups excluding carboxylic acids is 2. The van der Waals surface area contributed by atoms with Gasteiger partial charge in [-0.05, 0) is 32.6 Å². The van der Waals surface area contributed by atoms with Crippen molar-refractivity contribution >= 4 is 23.2 Å². The van der Waals surface area contributed by atoms with Gasteiger partial charge in [-0.3, -0.25) is 4.79 Å². The number of nitrogens with one attached hydrogen (secondary N) is 1. The molecule has 3 atom stereocenters. The van der Waals surface area contributed by atoms with E-state index in [1.165, 1.54) is 23.3 Å². The Balaban J connectivity index is 1.58. The molecule has 1 N–H and O–H groups in total. The van der Waals surface area contributed by atoms with Crippen LogP contribution in [0.3, 0.4) is 0 Å². The number of amides is 1. The number of benzene rings is 1. The predicted octanol–water partition coefficient (Wildman–Crippen LogP) is 4.36. The average molecular weight is 387 g/mol. The topological polar surface area (TPSA) is 68.3 Å². The van der Waals surface area contributed by atoms with E-state index in [0.717, 1.165) is 29.8 Å². The minimum atomic E-state index is -0.837. The van der Waals surface area contributed by atoms with Crippen molar-refractivity contribution in [3.8, 4) is 10.6 Å². The Morgan fingerprint density at radius 1 is 1.22 bits per heavy atom. The van der Waals surface area contributed by atoms with Gasteiger partial charge in [0, 0.05) is 17.0 Å². The molecule has 1 heterocycles. The summed E-state index contributed by atoms with van der Waals surface area (Å²) in [5.74, 6) is -0.346. The van der Waals surface area contributed by atoms with Crippen molar-refractivity contribution in [3.63, 3.8) is 0 Å². The number of aryl methyl sites for hydroxylation is 1. The van der Waals surface area contributed by atoms with Gasteiger partial charge in [0.1, 0.15) is 5.01 Å². The standard InChI is InChI=1S/C21H26N2O3S/c1-13-8-10-16(11-9-13)20-23-18(12-27-20)21(25)26-15(3)19(24)22-17-7-5-4-6-14(17)2/h8-12,14-15,17H,4-7H2,1-3H3,(H,22,24). The molecule has 1 aromatic carbocycles. The molecule has 0 radical (unpaired) electrons. The van der Waals surface area contributed by atoms with Crippen LogP contribution in [0.4, 0.5) is 0 Å². The second-order valence-electron chi connectivity index (χ2n) is 7.33. The molecule has 0 spiro atoms. The zero-order valence-electron chi connectivity index (χ0n) is 16.0. The summed E-state index contributed by atoms with van der Waals surface area (Å²) in [6, 6.07) is 8.13. The van der Waals surface area contributed by atoms with Crippen molar-refractivity contribution in [3.05, 3.63) is 40.9 Å². The van der Waals surface area contributed by atoms with Gasteiger partial charge in [0.05, 0.1) is 0 Å². The van der Waals surface area contributed by atoms with Gasteiger partial charge in [-0.2, -0.15) is 0 Å². The van der Waals surface area contributed by atoms with Crippen molar-refractivity contribution in [1.29, 1.82) is 0 Å². The average Bonchev–Trinajstić information content (AvgIpc) is 3.14. The number of carbonyl (C=O) groups is 2. The molecule has 144 valence electrons. The molecule has 0 bridgehead atoms. The van der Waals surface area contributed by atoms with E-state index in [4.69, 9.17) is 4.74 Å². The lowest BCUT2D eigenvalue weighted by Crippen LogP contribution is -2.46. The van der Waals surface area contributed by atoms with E-state index >= 15 is 0 Å². The lowest BCUT2D eigenvalue weighted by atomic mass is 9.86. The highest BCUT2D eigenvalue weighted by Crippen LogP contribution is 2.25. The minimum Gasteiger partial charge on any atom is -0.448 e. The Labute approximate surface area is 164 Å². The van der Waals surface area contributed by atoms with Crippen LogP contribution in [0.1, 0.15) is 55.6 Å². The van der Waals surface area contributed by atoms with Gasteiger partial charge in [-0.25, -0.2) is 9.78 Å². The molecule has 1 aliphatic rings. The number of aromatic nitrogens is 1. The molecule has 1 fully saturated rings. The summed E-state index contributed by atoms with van der Waals surface area (Å²) >= 11 is 1.39. The van der Waals surface area contributed by atoms with E-state index in [-0.39, 0.29) is 17.6 Å². The number of esters is 1. The first-order valence-electron chi connectivity index (χ1n) is 9.48. The van der Waals surface area contributed by atoms with Crippen molar-refractivity contribution in [2.45, 2.75) is 58.6 Å². The molecule has 1 aliphatic carbocycles. The zero-order valence-corrected chi connectivity index (χ0v) is 16.8. The maximum absolute atomic E-state index is 12.4. The summed E-state index contributed by atoms with van der Waals surface area (Å²) < 4.78 is 5.34. The normalized spacial score (nSPS) is 20.7. The molecule has 3 rings (SSSR count).